The Hall–Kier alpha value is -1.35. The number of rotatable bonds is 2. The van der Waals surface area contributed by atoms with Crippen LogP contribution in [0.25, 0.3) is 0 Å². The zero-order valence-corrected chi connectivity index (χ0v) is 11.1. The highest BCUT2D eigenvalue weighted by Crippen LogP contribution is 2.56. The lowest BCUT2D eigenvalue weighted by Gasteiger charge is -2.22. The SMILES string of the molecule is O=C(NC1C2Cc3ccccc3C21)C1CCCNC1. The van der Waals surface area contributed by atoms with Crippen LogP contribution in [0.3, 0.4) is 0 Å². The summed E-state index contributed by atoms with van der Waals surface area (Å²) in [5.41, 5.74) is 2.96. The van der Waals surface area contributed by atoms with Crippen LogP contribution in [0.4, 0.5) is 0 Å². The van der Waals surface area contributed by atoms with E-state index in [-0.39, 0.29) is 11.8 Å². The van der Waals surface area contributed by atoms with Gasteiger partial charge in [-0.25, -0.2) is 0 Å². The number of benzene rings is 1. The smallest absolute Gasteiger partial charge is 0.224 e. The molecule has 1 heterocycles. The molecule has 3 nitrogen and oxygen atoms in total. The lowest BCUT2D eigenvalue weighted by atomic mass is 9.98. The number of carbonyl (C=O) groups is 1. The molecule has 3 aliphatic rings. The van der Waals surface area contributed by atoms with Gasteiger partial charge in [-0.1, -0.05) is 24.3 Å². The molecule has 100 valence electrons. The summed E-state index contributed by atoms with van der Waals surface area (Å²) >= 11 is 0. The van der Waals surface area contributed by atoms with Crippen molar-refractivity contribution in [2.75, 3.05) is 13.1 Å². The maximum atomic E-state index is 12.2. The Morgan fingerprint density at radius 3 is 3.05 bits per heavy atom. The number of hydrogen-bond donors (Lipinski definition) is 2. The van der Waals surface area contributed by atoms with E-state index in [9.17, 15) is 4.79 Å². The van der Waals surface area contributed by atoms with Crippen molar-refractivity contribution in [3.63, 3.8) is 0 Å². The van der Waals surface area contributed by atoms with Crippen molar-refractivity contribution in [2.45, 2.75) is 31.2 Å². The summed E-state index contributed by atoms with van der Waals surface area (Å²) < 4.78 is 0. The van der Waals surface area contributed by atoms with Crippen LogP contribution >= 0.6 is 0 Å². The van der Waals surface area contributed by atoms with Crippen LogP contribution in [-0.4, -0.2) is 25.0 Å². The zero-order valence-electron chi connectivity index (χ0n) is 11.1. The maximum absolute atomic E-state index is 12.2. The molecule has 1 aromatic rings. The van der Waals surface area contributed by atoms with Crippen molar-refractivity contribution in [1.82, 2.24) is 10.6 Å². The highest BCUT2D eigenvalue weighted by Gasteiger charge is 2.56. The van der Waals surface area contributed by atoms with E-state index < -0.39 is 0 Å². The van der Waals surface area contributed by atoms with E-state index in [4.69, 9.17) is 0 Å². The first-order chi connectivity index (χ1) is 9.34. The quantitative estimate of drug-likeness (QED) is 0.840. The number of nitrogens with one attached hydrogen (secondary N) is 2. The topological polar surface area (TPSA) is 41.1 Å². The molecular formula is C16H20N2O. The minimum atomic E-state index is 0.185. The lowest BCUT2D eigenvalue weighted by Crippen LogP contribution is -2.42. The van der Waals surface area contributed by atoms with Crippen LogP contribution < -0.4 is 10.6 Å². The highest BCUT2D eigenvalue weighted by molar-refractivity contribution is 5.80. The Bertz CT molecular complexity index is 507. The van der Waals surface area contributed by atoms with Crippen molar-refractivity contribution in [2.24, 2.45) is 11.8 Å². The van der Waals surface area contributed by atoms with Gasteiger partial charge in [0.15, 0.2) is 0 Å². The third-order valence-corrected chi connectivity index (χ3v) is 5.01. The van der Waals surface area contributed by atoms with Gasteiger partial charge in [-0.2, -0.15) is 0 Å². The molecule has 0 radical (unpaired) electrons. The Kier molecular flexibility index (Phi) is 2.62. The van der Waals surface area contributed by atoms with Crippen LogP contribution in [-0.2, 0) is 11.2 Å². The Morgan fingerprint density at radius 2 is 2.21 bits per heavy atom. The van der Waals surface area contributed by atoms with Crippen LogP contribution in [0.1, 0.15) is 29.9 Å². The molecule has 4 atom stereocenters. The van der Waals surface area contributed by atoms with Gasteiger partial charge in [0.05, 0.1) is 5.92 Å². The lowest BCUT2D eigenvalue weighted by molar-refractivity contribution is -0.125. The molecular weight excluding hydrogens is 236 g/mol. The third-order valence-electron chi connectivity index (χ3n) is 5.01. The summed E-state index contributed by atoms with van der Waals surface area (Å²) in [4.78, 5) is 12.2. The predicted molar refractivity (Wildman–Crippen MR) is 73.9 cm³/mol. The van der Waals surface area contributed by atoms with Gasteiger partial charge >= 0.3 is 0 Å². The highest BCUT2D eigenvalue weighted by atomic mass is 16.2. The predicted octanol–water partition coefficient (Wildman–Crippen LogP) is 1.44. The van der Waals surface area contributed by atoms with Crippen LogP contribution in [0, 0.1) is 11.8 Å². The molecule has 4 rings (SSSR count). The molecule has 1 amide bonds. The zero-order chi connectivity index (χ0) is 12.8. The molecule has 0 aromatic heterocycles. The van der Waals surface area contributed by atoms with E-state index in [0.717, 1.165) is 32.4 Å². The number of carbonyl (C=O) groups excluding carboxylic acids is 1. The minimum Gasteiger partial charge on any atom is -0.352 e. The largest absolute Gasteiger partial charge is 0.352 e. The second-order valence-electron chi connectivity index (χ2n) is 6.17. The number of hydrogen-bond acceptors (Lipinski definition) is 2. The molecule has 19 heavy (non-hydrogen) atoms. The van der Waals surface area contributed by atoms with Crippen LogP contribution in [0.5, 0.6) is 0 Å². The summed E-state index contributed by atoms with van der Waals surface area (Å²) in [6.45, 7) is 1.91. The fourth-order valence-corrected chi connectivity index (χ4v) is 3.91. The Morgan fingerprint density at radius 1 is 1.32 bits per heavy atom. The van der Waals surface area contributed by atoms with Gasteiger partial charge in [-0.15, -0.1) is 0 Å². The van der Waals surface area contributed by atoms with E-state index in [1.807, 2.05) is 0 Å². The Labute approximate surface area is 113 Å². The second kappa shape index (κ2) is 4.34. The normalized spacial score (nSPS) is 35.4. The summed E-state index contributed by atoms with van der Waals surface area (Å²) in [5, 5.41) is 6.60. The number of fused-ring (bicyclic) bond motifs is 3. The van der Waals surface area contributed by atoms with Gasteiger partial charge in [0.25, 0.3) is 0 Å². The molecule has 0 spiro atoms. The summed E-state index contributed by atoms with van der Waals surface area (Å²) in [6.07, 6.45) is 3.31. The van der Waals surface area contributed by atoms with Crippen LogP contribution in [0.15, 0.2) is 24.3 Å². The summed E-state index contributed by atoms with van der Waals surface area (Å²) in [6, 6.07) is 9.10. The van der Waals surface area contributed by atoms with Gasteiger partial charge in [0.1, 0.15) is 0 Å². The van der Waals surface area contributed by atoms with Crippen molar-refractivity contribution in [3.05, 3.63) is 35.4 Å². The maximum Gasteiger partial charge on any atom is 0.224 e. The van der Waals surface area contributed by atoms with E-state index in [1.54, 1.807) is 0 Å². The van der Waals surface area contributed by atoms with Gasteiger partial charge in [0.2, 0.25) is 5.91 Å². The molecule has 1 aliphatic heterocycles. The minimum absolute atomic E-state index is 0.185. The van der Waals surface area contributed by atoms with Gasteiger partial charge in [0, 0.05) is 18.5 Å². The van der Waals surface area contributed by atoms with E-state index in [1.165, 1.54) is 11.1 Å². The average Bonchev–Trinajstić information content (AvgIpc) is 2.97. The van der Waals surface area contributed by atoms with Crippen LogP contribution in [0.2, 0.25) is 0 Å². The molecule has 1 saturated heterocycles. The van der Waals surface area contributed by atoms with Crippen molar-refractivity contribution >= 4 is 5.91 Å². The van der Waals surface area contributed by atoms with Crippen molar-refractivity contribution in [1.29, 1.82) is 0 Å². The number of amides is 1. The second-order valence-corrected chi connectivity index (χ2v) is 6.17. The fourth-order valence-electron chi connectivity index (χ4n) is 3.91. The van der Waals surface area contributed by atoms with Gasteiger partial charge in [-0.3, -0.25) is 4.79 Å². The third kappa shape index (κ3) is 1.88. The molecule has 2 aliphatic carbocycles. The Balaban J connectivity index is 1.41. The molecule has 1 saturated carbocycles. The number of piperidine rings is 1. The average molecular weight is 256 g/mol. The first-order valence-electron chi connectivity index (χ1n) is 7.43. The first-order valence-corrected chi connectivity index (χ1v) is 7.43. The molecule has 4 unspecified atom stereocenters. The summed E-state index contributed by atoms with van der Waals surface area (Å²) in [7, 11) is 0. The molecule has 1 aromatic carbocycles. The summed E-state index contributed by atoms with van der Waals surface area (Å²) in [5.74, 6) is 1.71. The molecule has 2 fully saturated rings. The van der Waals surface area contributed by atoms with E-state index in [2.05, 4.69) is 34.9 Å². The molecule has 2 N–H and O–H groups in total. The molecule has 0 bridgehead atoms. The monoisotopic (exact) mass is 256 g/mol. The van der Waals surface area contributed by atoms with E-state index >= 15 is 0 Å². The fraction of sp³-hybridized carbons (Fsp3) is 0.562. The van der Waals surface area contributed by atoms with Crippen molar-refractivity contribution < 1.29 is 4.79 Å². The van der Waals surface area contributed by atoms with Gasteiger partial charge in [-0.05, 0) is 42.9 Å². The first kappa shape index (κ1) is 11.5. The van der Waals surface area contributed by atoms with Gasteiger partial charge < -0.3 is 10.6 Å². The van der Waals surface area contributed by atoms with Crippen molar-refractivity contribution in [3.8, 4) is 0 Å². The molecule has 3 heteroatoms. The standard InChI is InChI=1S/C16H20N2O/c19-16(11-5-3-7-17-9-11)18-15-13-8-10-4-1-2-6-12(10)14(13)15/h1-2,4,6,11,13-15,17H,3,5,7-9H2,(H,18,19). The van der Waals surface area contributed by atoms with E-state index in [0.29, 0.717) is 17.9 Å².